The van der Waals surface area contributed by atoms with Crippen molar-refractivity contribution in [1.82, 2.24) is 10.2 Å². The minimum absolute atomic E-state index is 0.0486. The summed E-state index contributed by atoms with van der Waals surface area (Å²) in [7, 11) is 0. The fourth-order valence-electron chi connectivity index (χ4n) is 2.78. The number of benzene rings is 1. The Kier molecular flexibility index (Phi) is 5.56. The minimum Gasteiger partial charge on any atom is -0.395 e. The van der Waals surface area contributed by atoms with E-state index in [1.165, 1.54) is 6.07 Å². The highest BCUT2D eigenvalue weighted by atomic mass is 19.1. The molecule has 21 heavy (non-hydrogen) atoms. The van der Waals surface area contributed by atoms with Crippen molar-refractivity contribution in [3.05, 3.63) is 35.1 Å². The summed E-state index contributed by atoms with van der Waals surface area (Å²) in [5.74, 6) is -0.192. The monoisotopic (exact) mass is 294 g/mol. The Balaban J connectivity index is 2.02. The van der Waals surface area contributed by atoms with Gasteiger partial charge in [-0.05, 0) is 36.5 Å². The van der Waals surface area contributed by atoms with Gasteiger partial charge in [-0.25, -0.2) is 9.18 Å². The molecule has 0 fully saturated rings. The lowest BCUT2D eigenvalue weighted by Gasteiger charge is -2.24. The van der Waals surface area contributed by atoms with E-state index in [-0.39, 0.29) is 24.5 Å². The summed E-state index contributed by atoms with van der Waals surface area (Å²) < 4.78 is 13.7. The zero-order valence-corrected chi connectivity index (χ0v) is 12.4. The first kappa shape index (κ1) is 15.8. The molecule has 0 saturated carbocycles. The summed E-state index contributed by atoms with van der Waals surface area (Å²) in [5.41, 5.74) is 1.59. The highest BCUT2D eigenvalue weighted by Gasteiger charge is 2.27. The van der Waals surface area contributed by atoms with Gasteiger partial charge in [0.1, 0.15) is 5.82 Å². The number of urea groups is 1. The van der Waals surface area contributed by atoms with Crippen molar-refractivity contribution in [3.8, 4) is 0 Å². The van der Waals surface area contributed by atoms with Gasteiger partial charge in [0.15, 0.2) is 0 Å². The molecule has 5 heteroatoms. The molecule has 0 aromatic heterocycles. The summed E-state index contributed by atoms with van der Waals surface area (Å²) in [6.45, 7) is 2.97. The van der Waals surface area contributed by atoms with Crippen molar-refractivity contribution in [1.29, 1.82) is 0 Å². The summed E-state index contributed by atoms with van der Waals surface area (Å²) >= 11 is 0. The number of hydrogen-bond donors (Lipinski definition) is 2. The van der Waals surface area contributed by atoms with Crippen LogP contribution in [0.5, 0.6) is 0 Å². The zero-order chi connectivity index (χ0) is 15.2. The summed E-state index contributed by atoms with van der Waals surface area (Å²) in [6.07, 6.45) is 3.28. The van der Waals surface area contributed by atoms with Gasteiger partial charge in [0, 0.05) is 13.1 Å². The first-order valence-electron chi connectivity index (χ1n) is 7.61. The zero-order valence-electron chi connectivity index (χ0n) is 12.4. The molecule has 2 rings (SSSR count). The molecule has 2 amide bonds. The molecule has 1 aliphatic carbocycles. The van der Waals surface area contributed by atoms with E-state index >= 15 is 0 Å². The Bertz CT molecular complexity index is 493. The number of halogens is 1. The molecular weight excluding hydrogens is 271 g/mol. The number of fused-ring (bicyclic) bond motifs is 1. The number of carbonyl (C=O) groups is 1. The van der Waals surface area contributed by atoms with Crippen LogP contribution >= 0.6 is 0 Å². The van der Waals surface area contributed by atoms with E-state index in [9.17, 15) is 9.18 Å². The third kappa shape index (κ3) is 3.73. The van der Waals surface area contributed by atoms with Crippen LogP contribution in [0.4, 0.5) is 9.18 Å². The molecule has 1 aliphatic rings. The van der Waals surface area contributed by atoms with Gasteiger partial charge < -0.3 is 15.3 Å². The number of aliphatic hydroxyl groups is 1. The molecule has 1 atom stereocenters. The number of nitrogens with one attached hydrogen (secondary N) is 1. The lowest BCUT2D eigenvalue weighted by atomic mass is 10.1. The van der Waals surface area contributed by atoms with E-state index < -0.39 is 0 Å². The van der Waals surface area contributed by atoms with Crippen LogP contribution < -0.4 is 5.32 Å². The highest BCUT2D eigenvalue weighted by molar-refractivity contribution is 5.75. The number of rotatable bonds is 6. The SMILES string of the molecule is CCCCN(CCO)C(=O)NC1CCc2c(F)cccc21. The molecule has 0 bridgehead atoms. The van der Waals surface area contributed by atoms with Crippen molar-refractivity contribution in [2.24, 2.45) is 0 Å². The molecule has 2 N–H and O–H groups in total. The van der Waals surface area contributed by atoms with Gasteiger partial charge in [0.25, 0.3) is 0 Å². The van der Waals surface area contributed by atoms with Crippen LogP contribution in [-0.2, 0) is 6.42 Å². The average molecular weight is 294 g/mol. The van der Waals surface area contributed by atoms with Crippen LogP contribution in [0.2, 0.25) is 0 Å². The largest absolute Gasteiger partial charge is 0.395 e. The molecule has 116 valence electrons. The predicted molar refractivity (Wildman–Crippen MR) is 79.6 cm³/mol. The number of aliphatic hydroxyl groups excluding tert-OH is 1. The Morgan fingerprint density at radius 2 is 2.29 bits per heavy atom. The highest BCUT2D eigenvalue weighted by Crippen LogP contribution is 2.32. The first-order valence-corrected chi connectivity index (χ1v) is 7.61. The van der Waals surface area contributed by atoms with Crippen LogP contribution in [0.1, 0.15) is 43.4 Å². The summed E-state index contributed by atoms with van der Waals surface area (Å²) in [4.78, 5) is 13.9. The van der Waals surface area contributed by atoms with Crippen LogP contribution in [-0.4, -0.2) is 35.7 Å². The molecule has 0 spiro atoms. The number of hydrogen-bond acceptors (Lipinski definition) is 2. The molecule has 0 heterocycles. The van der Waals surface area contributed by atoms with Gasteiger partial charge in [-0.1, -0.05) is 25.5 Å². The summed E-state index contributed by atoms with van der Waals surface area (Å²) in [6, 6.07) is 4.70. The van der Waals surface area contributed by atoms with Crippen LogP contribution in [0.15, 0.2) is 18.2 Å². The number of amides is 2. The molecule has 1 aromatic rings. The third-order valence-electron chi connectivity index (χ3n) is 3.95. The van der Waals surface area contributed by atoms with E-state index in [0.717, 1.165) is 24.8 Å². The Labute approximate surface area is 125 Å². The number of nitrogens with zero attached hydrogens (tertiary/aromatic N) is 1. The van der Waals surface area contributed by atoms with Gasteiger partial charge >= 0.3 is 6.03 Å². The Morgan fingerprint density at radius 3 is 3.00 bits per heavy atom. The summed E-state index contributed by atoms with van der Waals surface area (Å²) in [5, 5.41) is 12.0. The van der Waals surface area contributed by atoms with Crippen LogP contribution in [0.3, 0.4) is 0 Å². The van der Waals surface area contributed by atoms with E-state index in [0.29, 0.717) is 25.1 Å². The van der Waals surface area contributed by atoms with Gasteiger partial charge in [-0.2, -0.15) is 0 Å². The third-order valence-corrected chi connectivity index (χ3v) is 3.95. The molecule has 0 radical (unpaired) electrons. The first-order chi connectivity index (χ1) is 10.2. The Hall–Kier alpha value is -1.62. The molecular formula is C16H23FN2O2. The van der Waals surface area contributed by atoms with Gasteiger partial charge in [0.05, 0.1) is 12.6 Å². The second-order valence-corrected chi connectivity index (χ2v) is 5.41. The molecule has 1 aromatic carbocycles. The molecule has 1 unspecified atom stereocenters. The lowest BCUT2D eigenvalue weighted by molar-refractivity contribution is 0.173. The topological polar surface area (TPSA) is 52.6 Å². The van der Waals surface area contributed by atoms with E-state index in [1.54, 1.807) is 11.0 Å². The number of unbranched alkanes of at least 4 members (excludes halogenated alkanes) is 1. The maximum Gasteiger partial charge on any atom is 0.317 e. The molecule has 0 saturated heterocycles. The molecule has 0 aliphatic heterocycles. The smallest absolute Gasteiger partial charge is 0.317 e. The van der Waals surface area contributed by atoms with Crippen LogP contribution in [0, 0.1) is 5.82 Å². The standard InChI is InChI=1S/C16H23FN2O2/c1-2-3-9-19(10-11-20)16(21)18-15-8-7-12-13(15)5-4-6-14(12)17/h4-6,15,20H,2-3,7-11H2,1H3,(H,18,21). The van der Waals surface area contributed by atoms with Crippen molar-refractivity contribution in [2.75, 3.05) is 19.7 Å². The maximum atomic E-state index is 13.7. The molecule has 4 nitrogen and oxygen atoms in total. The quantitative estimate of drug-likeness (QED) is 0.847. The minimum atomic E-state index is -0.192. The van der Waals surface area contributed by atoms with Crippen molar-refractivity contribution >= 4 is 6.03 Å². The maximum absolute atomic E-state index is 13.7. The van der Waals surface area contributed by atoms with E-state index in [2.05, 4.69) is 12.2 Å². The fraction of sp³-hybridized carbons (Fsp3) is 0.562. The second kappa shape index (κ2) is 7.41. The van der Waals surface area contributed by atoms with Crippen molar-refractivity contribution in [3.63, 3.8) is 0 Å². The van der Waals surface area contributed by atoms with Gasteiger partial charge in [-0.3, -0.25) is 0 Å². The van der Waals surface area contributed by atoms with Gasteiger partial charge in [-0.15, -0.1) is 0 Å². The normalized spacial score (nSPS) is 16.6. The fourth-order valence-corrected chi connectivity index (χ4v) is 2.78. The number of carbonyl (C=O) groups excluding carboxylic acids is 1. The van der Waals surface area contributed by atoms with Crippen molar-refractivity contribution in [2.45, 2.75) is 38.6 Å². The predicted octanol–water partition coefficient (Wildman–Crippen LogP) is 2.62. The van der Waals surface area contributed by atoms with Crippen molar-refractivity contribution < 1.29 is 14.3 Å². The lowest BCUT2D eigenvalue weighted by Crippen LogP contribution is -2.43. The second-order valence-electron chi connectivity index (χ2n) is 5.41. The average Bonchev–Trinajstić information content (AvgIpc) is 2.88. The van der Waals surface area contributed by atoms with Crippen LogP contribution in [0.25, 0.3) is 0 Å². The van der Waals surface area contributed by atoms with Gasteiger partial charge in [0.2, 0.25) is 0 Å². The van der Waals surface area contributed by atoms with E-state index in [4.69, 9.17) is 5.11 Å². The Morgan fingerprint density at radius 1 is 1.48 bits per heavy atom. The van der Waals surface area contributed by atoms with E-state index in [1.807, 2.05) is 6.07 Å².